The van der Waals surface area contributed by atoms with Gasteiger partial charge in [0.05, 0.1) is 6.61 Å². The molecule has 0 heterocycles. The van der Waals surface area contributed by atoms with Crippen molar-refractivity contribution in [2.75, 3.05) is 6.61 Å². The molecule has 0 atom stereocenters. The van der Waals surface area contributed by atoms with Gasteiger partial charge < -0.3 is 4.74 Å². The zero-order valence-corrected chi connectivity index (χ0v) is 12.6. The van der Waals surface area contributed by atoms with E-state index in [2.05, 4.69) is 4.74 Å². The molecule has 152 valence electrons. The fourth-order valence-electron chi connectivity index (χ4n) is 1.04. The molecule has 0 aliphatic rings. The molecule has 16 heteroatoms. The molecule has 0 aromatic rings. The lowest BCUT2D eigenvalue weighted by Crippen LogP contribution is -2.64. The smallest absolute Gasteiger partial charge is 0.316 e. The monoisotopic (exact) mass is 422 g/mol. The van der Waals surface area contributed by atoms with E-state index in [-0.39, 0.29) is 12.8 Å². The summed E-state index contributed by atoms with van der Waals surface area (Å²) in [6.07, 6.45) is -13.8. The lowest BCUT2D eigenvalue weighted by atomic mass is 10.1. The summed E-state index contributed by atoms with van der Waals surface area (Å²) in [6.45, 7) is 0.0423. The minimum atomic E-state index is -7.51. The number of hydrogen-bond acceptors (Lipinski definition) is 4. The third kappa shape index (κ3) is 4.64. The molecular weight excluding hydrogens is 413 g/mol. The van der Waals surface area contributed by atoms with Crippen molar-refractivity contribution in [1.82, 2.24) is 0 Å². The Labute approximate surface area is 133 Å². The molecule has 0 saturated carbocycles. The Morgan fingerprint density at radius 3 is 1.52 bits per heavy atom. The van der Waals surface area contributed by atoms with Crippen molar-refractivity contribution in [3.05, 3.63) is 0 Å². The summed E-state index contributed by atoms with van der Waals surface area (Å²) in [6, 6.07) is 0. The highest BCUT2D eigenvalue weighted by atomic mass is 32.2. The molecule has 0 aromatic carbocycles. The van der Waals surface area contributed by atoms with Crippen LogP contribution in [0, 0.1) is 0 Å². The van der Waals surface area contributed by atoms with Crippen LogP contribution in [0.1, 0.15) is 19.8 Å². The summed E-state index contributed by atoms with van der Waals surface area (Å²) in [5.74, 6) is -14.5. The Kier molecular flexibility index (Phi) is 6.76. The lowest BCUT2D eigenvalue weighted by Gasteiger charge is -2.35. The first kappa shape index (κ1) is 24.1. The van der Waals surface area contributed by atoms with Crippen molar-refractivity contribution >= 4 is 10.1 Å². The van der Waals surface area contributed by atoms with Gasteiger partial charge in [0, 0.05) is 0 Å². The molecule has 0 rings (SSSR count). The van der Waals surface area contributed by atoms with Gasteiger partial charge in [-0.2, -0.15) is 60.9 Å². The van der Waals surface area contributed by atoms with Gasteiger partial charge in [0.25, 0.3) is 0 Å². The summed E-state index contributed by atoms with van der Waals surface area (Å²) in [7, 11) is -7.51. The Bertz CT molecular complexity index is 554. The Balaban J connectivity index is 5.77. The Morgan fingerprint density at radius 2 is 1.16 bits per heavy atom. The quantitative estimate of drug-likeness (QED) is 0.243. The fourth-order valence-corrected chi connectivity index (χ4v) is 1.51. The second-order valence-electron chi connectivity index (χ2n) is 4.37. The zero-order chi connectivity index (χ0) is 20.5. The molecule has 0 spiro atoms. The number of unbranched alkanes of at least 4 members (excludes halogenated alkanes) is 1. The van der Waals surface area contributed by atoms with Crippen LogP contribution in [0.25, 0.3) is 0 Å². The second-order valence-corrected chi connectivity index (χ2v) is 5.91. The maximum Gasteiger partial charge on any atom is 0.523 e. The number of ether oxygens (including phenoxy) is 1. The van der Waals surface area contributed by atoms with Crippen LogP contribution >= 0.6 is 0 Å². The van der Waals surface area contributed by atoms with Gasteiger partial charge in [-0.1, -0.05) is 13.3 Å². The normalized spacial score (nSPS) is 15.5. The molecule has 0 radical (unpaired) electrons. The Hall–Kier alpha value is -0.900. The van der Waals surface area contributed by atoms with E-state index in [0.717, 1.165) is 0 Å². The van der Waals surface area contributed by atoms with Gasteiger partial charge in [0.2, 0.25) is 0 Å². The first-order chi connectivity index (χ1) is 10.8. The van der Waals surface area contributed by atoms with E-state index < -0.39 is 46.3 Å². The van der Waals surface area contributed by atoms with Gasteiger partial charge in [-0.15, -0.1) is 0 Å². The van der Waals surface area contributed by atoms with Crippen molar-refractivity contribution in [3.63, 3.8) is 0 Å². The highest BCUT2D eigenvalue weighted by Gasteiger charge is 2.84. The third-order valence-corrected chi connectivity index (χ3v) is 3.40. The minimum absolute atomic E-state index is 0.0428. The largest absolute Gasteiger partial charge is 0.523 e. The molecule has 0 N–H and O–H groups in total. The number of rotatable bonds is 9. The number of halogens is 11. The van der Waals surface area contributed by atoms with E-state index in [1.807, 2.05) is 0 Å². The van der Waals surface area contributed by atoms with Gasteiger partial charge in [-0.3, -0.25) is 0 Å². The molecule has 0 aliphatic carbocycles. The van der Waals surface area contributed by atoms with Crippen LogP contribution in [0.2, 0.25) is 0 Å². The molecule has 0 amide bonds. The van der Waals surface area contributed by atoms with Gasteiger partial charge in [-0.25, -0.2) is 0 Å². The zero-order valence-electron chi connectivity index (χ0n) is 11.8. The van der Waals surface area contributed by atoms with E-state index in [1.165, 1.54) is 6.92 Å². The standard InChI is InChI=1S/C9H9F11O4S/c1-2-3-4-23-7(14,15)5(10,11)6(12,13)8(16,17)24-25(21,22)9(18,19)20/h2-4H2,1H3. The summed E-state index contributed by atoms with van der Waals surface area (Å²) in [4.78, 5) is 0. The molecular formula is C9H9F11O4S. The summed E-state index contributed by atoms with van der Waals surface area (Å²) in [5.41, 5.74) is -6.71. The molecule has 0 bridgehead atoms. The van der Waals surface area contributed by atoms with E-state index >= 15 is 0 Å². The Morgan fingerprint density at radius 1 is 0.760 bits per heavy atom. The summed E-state index contributed by atoms with van der Waals surface area (Å²) < 4.78 is 165. The van der Waals surface area contributed by atoms with Crippen molar-refractivity contribution in [1.29, 1.82) is 0 Å². The summed E-state index contributed by atoms with van der Waals surface area (Å²) in [5, 5.41) is 0. The number of hydrogen-bond donors (Lipinski definition) is 0. The van der Waals surface area contributed by atoms with E-state index in [1.54, 1.807) is 4.18 Å². The molecule has 4 nitrogen and oxygen atoms in total. The van der Waals surface area contributed by atoms with Crippen molar-refractivity contribution in [3.8, 4) is 0 Å². The van der Waals surface area contributed by atoms with Crippen LogP contribution in [-0.2, 0) is 19.0 Å². The van der Waals surface area contributed by atoms with Crippen molar-refractivity contribution in [2.45, 2.75) is 49.3 Å². The highest BCUT2D eigenvalue weighted by molar-refractivity contribution is 7.87. The van der Waals surface area contributed by atoms with Crippen LogP contribution in [0.4, 0.5) is 48.3 Å². The fraction of sp³-hybridized carbons (Fsp3) is 1.00. The van der Waals surface area contributed by atoms with Gasteiger partial charge >= 0.3 is 39.7 Å². The SMILES string of the molecule is CCCCOC(F)(F)C(F)(F)C(F)(F)C(F)(F)OS(=O)(=O)C(F)(F)F. The van der Waals surface area contributed by atoms with Crippen LogP contribution in [0.5, 0.6) is 0 Å². The maximum atomic E-state index is 13.1. The van der Waals surface area contributed by atoms with E-state index in [0.29, 0.717) is 0 Å². The first-order valence-corrected chi connectivity index (χ1v) is 7.35. The molecule has 0 aliphatic heterocycles. The average molecular weight is 422 g/mol. The molecule has 0 fully saturated rings. The minimum Gasteiger partial charge on any atom is -0.316 e. The van der Waals surface area contributed by atoms with Crippen LogP contribution in [-0.4, -0.2) is 44.6 Å². The molecule has 0 unspecified atom stereocenters. The van der Waals surface area contributed by atoms with Crippen LogP contribution in [0.3, 0.4) is 0 Å². The predicted octanol–water partition coefficient (Wildman–Crippen LogP) is 4.13. The first-order valence-electron chi connectivity index (χ1n) is 5.94. The second kappa shape index (κ2) is 7.02. The van der Waals surface area contributed by atoms with Crippen LogP contribution < -0.4 is 0 Å². The van der Waals surface area contributed by atoms with Gasteiger partial charge in [-0.05, 0) is 6.42 Å². The van der Waals surface area contributed by atoms with E-state index in [9.17, 15) is 56.7 Å². The van der Waals surface area contributed by atoms with Crippen LogP contribution in [0.15, 0.2) is 0 Å². The molecule has 0 saturated heterocycles. The average Bonchev–Trinajstić information content (AvgIpc) is 2.35. The third-order valence-electron chi connectivity index (χ3n) is 2.40. The predicted molar refractivity (Wildman–Crippen MR) is 56.7 cm³/mol. The van der Waals surface area contributed by atoms with Gasteiger partial charge in [0.15, 0.2) is 0 Å². The van der Waals surface area contributed by atoms with Gasteiger partial charge in [0.1, 0.15) is 0 Å². The lowest BCUT2D eigenvalue weighted by molar-refractivity contribution is -0.451. The number of alkyl halides is 11. The summed E-state index contributed by atoms with van der Waals surface area (Å²) >= 11 is 0. The van der Waals surface area contributed by atoms with E-state index in [4.69, 9.17) is 0 Å². The maximum absolute atomic E-state index is 13.1. The highest BCUT2D eigenvalue weighted by Crippen LogP contribution is 2.54. The molecule has 25 heavy (non-hydrogen) atoms. The topological polar surface area (TPSA) is 52.6 Å². The van der Waals surface area contributed by atoms with Crippen molar-refractivity contribution < 1.29 is 65.6 Å². The van der Waals surface area contributed by atoms with Crippen molar-refractivity contribution in [2.24, 2.45) is 0 Å². The molecule has 0 aromatic heterocycles.